The van der Waals surface area contributed by atoms with E-state index in [1.807, 2.05) is 11.8 Å². The van der Waals surface area contributed by atoms with Crippen LogP contribution in [0.15, 0.2) is 0 Å². The maximum atomic E-state index is 12.9. The number of hydrogen-bond acceptors (Lipinski definition) is 4. The molecule has 0 aliphatic carbocycles. The van der Waals surface area contributed by atoms with E-state index in [9.17, 15) is 8.42 Å². The van der Waals surface area contributed by atoms with Gasteiger partial charge in [-0.15, -0.1) is 0 Å². The number of hydrogen-bond donors (Lipinski definition) is 1. The van der Waals surface area contributed by atoms with Crippen LogP contribution < -0.4 is 5.73 Å². The molecule has 2 heterocycles. The Balaban J connectivity index is 2.12. The maximum absolute atomic E-state index is 12.9. The first-order valence-corrected chi connectivity index (χ1v) is 9.86. The summed E-state index contributed by atoms with van der Waals surface area (Å²) in [7, 11) is -3.35. The van der Waals surface area contributed by atoms with Crippen LogP contribution in [0.1, 0.15) is 39.5 Å². The highest BCUT2D eigenvalue weighted by atomic mass is 32.2. The zero-order valence-corrected chi connectivity index (χ0v) is 14.2. The van der Waals surface area contributed by atoms with Gasteiger partial charge in [0.05, 0.1) is 0 Å². The quantitative estimate of drug-likeness (QED) is 0.850. The Hall–Kier alpha value is 0.180. The first kappa shape index (κ1) is 16.5. The Kier molecular flexibility index (Phi) is 5.40. The largest absolute Gasteiger partial charge is 0.329 e. The fraction of sp³-hybridized carbons (Fsp3) is 1.00. The van der Waals surface area contributed by atoms with E-state index in [1.165, 1.54) is 0 Å². The molecular weight excluding hydrogens is 294 g/mol. The number of thioether (sulfide) groups is 1. The van der Waals surface area contributed by atoms with Crippen LogP contribution in [-0.4, -0.2) is 59.7 Å². The Morgan fingerprint density at radius 1 is 1.25 bits per heavy atom. The highest BCUT2D eigenvalue weighted by molar-refractivity contribution is 8.00. The third-order valence-corrected chi connectivity index (χ3v) is 7.73. The first-order valence-electron chi connectivity index (χ1n) is 7.48. The molecule has 20 heavy (non-hydrogen) atoms. The molecule has 0 aromatic rings. The van der Waals surface area contributed by atoms with Crippen molar-refractivity contribution in [1.29, 1.82) is 0 Å². The lowest BCUT2D eigenvalue weighted by molar-refractivity contribution is 0.236. The minimum absolute atomic E-state index is 0.0160. The SMILES string of the molecule is CC1(C)CCN(S(=O)(=O)N2CCCCC2CN)CCS1. The lowest BCUT2D eigenvalue weighted by Crippen LogP contribution is -2.53. The van der Waals surface area contributed by atoms with Gasteiger partial charge in [0.15, 0.2) is 0 Å². The Bertz CT molecular complexity index is 425. The van der Waals surface area contributed by atoms with Crippen molar-refractivity contribution in [1.82, 2.24) is 8.61 Å². The van der Waals surface area contributed by atoms with Gasteiger partial charge in [-0.1, -0.05) is 20.3 Å². The van der Waals surface area contributed by atoms with Gasteiger partial charge < -0.3 is 5.73 Å². The van der Waals surface area contributed by atoms with Crippen LogP contribution in [-0.2, 0) is 10.2 Å². The lowest BCUT2D eigenvalue weighted by Gasteiger charge is -2.37. The molecule has 0 radical (unpaired) electrons. The molecule has 2 N–H and O–H groups in total. The number of rotatable bonds is 3. The van der Waals surface area contributed by atoms with Crippen LogP contribution in [0.4, 0.5) is 0 Å². The molecule has 118 valence electrons. The fourth-order valence-electron chi connectivity index (χ4n) is 2.89. The van der Waals surface area contributed by atoms with E-state index in [1.54, 1.807) is 8.61 Å². The van der Waals surface area contributed by atoms with E-state index < -0.39 is 10.2 Å². The van der Waals surface area contributed by atoms with E-state index in [0.29, 0.717) is 26.2 Å². The summed E-state index contributed by atoms with van der Waals surface area (Å²) in [5.74, 6) is 0.868. The summed E-state index contributed by atoms with van der Waals surface area (Å²) in [6, 6.07) is -0.0160. The van der Waals surface area contributed by atoms with Crippen molar-refractivity contribution in [2.24, 2.45) is 5.73 Å². The topological polar surface area (TPSA) is 66.6 Å². The third kappa shape index (κ3) is 3.68. The molecule has 0 aromatic carbocycles. The van der Waals surface area contributed by atoms with Crippen molar-refractivity contribution < 1.29 is 8.42 Å². The highest BCUT2D eigenvalue weighted by Crippen LogP contribution is 2.32. The van der Waals surface area contributed by atoms with Gasteiger partial charge in [0.25, 0.3) is 10.2 Å². The minimum atomic E-state index is -3.35. The van der Waals surface area contributed by atoms with Crippen molar-refractivity contribution in [2.75, 3.05) is 31.9 Å². The third-order valence-electron chi connectivity index (χ3n) is 4.26. The molecule has 0 saturated carbocycles. The van der Waals surface area contributed by atoms with Crippen LogP contribution in [0.3, 0.4) is 0 Å². The minimum Gasteiger partial charge on any atom is -0.329 e. The average Bonchev–Trinajstić information content (AvgIpc) is 2.60. The van der Waals surface area contributed by atoms with Crippen molar-refractivity contribution in [2.45, 2.75) is 50.3 Å². The smallest absolute Gasteiger partial charge is 0.282 e. The van der Waals surface area contributed by atoms with Gasteiger partial charge in [0.2, 0.25) is 0 Å². The summed E-state index contributed by atoms with van der Waals surface area (Å²) in [5.41, 5.74) is 5.77. The summed E-state index contributed by atoms with van der Waals surface area (Å²) in [6.45, 7) is 6.67. The van der Waals surface area contributed by atoms with Crippen LogP contribution in [0.25, 0.3) is 0 Å². The monoisotopic (exact) mass is 321 g/mol. The molecule has 0 bridgehead atoms. The molecule has 2 saturated heterocycles. The van der Waals surface area contributed by atoms with Crippen LogP contribution in [0.5, 0.6) is 0 Å². The predicted molar refractivity (Wildman–Crippen MR) is 85.0 cm³/mol. The summed E-state index contributed by atoms with van der Waals surface area (Å²) < 4.78 is 29.2. The zero-order valence-electron chi connectivity index (χ0n) is 12.5. The van der Waals surface area contributed by atoms with E-state index in [-0.39, 0.29) is 10.8 Å². The second kappa shape index (κ2) is 6.52. The fourth-order valence-corrected chi connectivity index (χ4v) is 5.98. The second-order valence-electron chi connectivity index (χ2n) is 6.26. The van der Waals surface area contributed by atoms with Gasteiger partial charge in [0, 0.05) is 42.7 Å². The molecule has 0 aromatic heterocycles. The molecule has 5 nitrogen and oxygen atoms in total. The molecule has 2 fully saturated rings. The predicted octanol–water partition coefficient (Wildman–Crippen LogP) is 1.26. The molecule has 2 aliphatic rings. The summed E-state index contributed by atoms with van der Waals surface area (Å²) in [4.78, 5) is 0. The lowest BCUT2D eigenvalue weighted by atomic mass is 10.1. The molecule has 1 unspecified atom stereocenters. The number of nitrogens with zero attached hydrogens (tertiary/aromatic N) is 2. The Labute approximate surface area is 127 Å². The molecule has 0 spiro atoms. The standard InChI is InChI=1S/C13H27N3O2S2/c1-13(2)6-8-15(9-10-19-13)20(17,18)16-7-4-3-5-12(16)11-14/h12H,3-11,14H2,1-2H3. The van der Waals surface area contributed by atoms with Gasteiger partial charge in [0.1, 0.15) is 0 Å². The Morgan fingerprint density at radius 2 is 2.00 bits per heavy atom. The normalized spacial score (nSPS) is 30.1. The zero-order chi connectivity index (χ0) is 14.8. The maximum Gasteiger partial charge on any atom is 0.282 e. The Morgan fingerprint density at radius 3 is 2.70 bits per heavy atom. The molecule has 2 rings (SSSR count). The van der Waals surface area contributed by atoms with Crippen molar-refractivity contribution in [3.8, 4) is 0 Å². The number of nitrogens with two attached hydrogens (primary N) is 1. The van der Waals surface area contributed by atoms with Crippen LogP contribution in [0.2, 0.25) is 0 Å². The van der Waals surface area contributed by atoms with E-state index >= 15 is 0 Å². The van der Waals surface area contributed by atoms with E-state index in [4.69, 9.17) is 5.73 Å². The van der Waals surface area contributed by atoms with E-state index in [0.717, 1.165) is 31.4 Å². The average molecular weight is 322 g/mol. The van der Waals surface area contributed by atoms with Gasteiger partial charge in [-0.25, -0.2) is 0 Å². The summed E-state index contributed by atoms with van der Waals surface area (Å²) in [6.07, 6.45) is 3.82. The van der Waals surface area contributed by atoms with Gasteiger partial charge in [-0.2, -0.15) is 28.8 Å². The van der Waals surface area contributed by atoms with Crippen molar-refractivity contribution >= 4 is 22.0 Å². The van der Waals surface area contributed by atoms with Gasteiger partial charge >= 0.3 is 0 Å². The summed E-state index contributed by atoms with van der Waals surface area (Å²) >= 11 is 1.86. The van der Waals surface area contributed by atoms with E-state index in [2.05, 4.69) is 13.8 Å². The van der Waals surface area contributed by atoms with Gasteiger partial charge in [-0.3, -0.25) is 0 Å². The van der Waals surface area contributed by atoms with Gasteiger partial charge in [-0.05, 0) is 19.3 Å². The molecule has 0 amide bonds. The van der Waals surface area contributed by atoms with Crippen molar-refractivity contribution in [3.63, 3.8) is 0 Å². The molecular formula is C13H27N3O2S2. The summed E-state index contributed by atoms with van der Waals surface area (Å²) in [5, 5.41) is 0. The molecule has 1 atom stereocenters. The second-order valence-corrected chi connectivity index (χ2v) is 9.94. The first-order chi connectivity index (χ1) is 9.37. The molecule has 2 aliphatic heterocycles. The van der Waals surface area contributed by atoms with Crippen molar-refractivity contribution in [3.05, 3.63) is 0 Å². The number of piperidine rings is 1. The molecule has 7 heteroatoms. The van der Waals surface area contributed by atoms with Crippen LogP contribution in [0, 0.1) is 0 Å². The highest BCUT2D eigenvalue weighted by Gasteiger charge is 2.37. The van der Waals surface area contributed by atoms with Crippen LogP contribution >= 0.6 is 11.8 Å².